The number of nitrogens with zero attached hydrogens (tertiary/aromatic N) is 2. The van der Waals surface area contributed by atoms with E-state index in [1.54, 1.807) is 11.1 Å². The molecule has 3 aromatic rings. The normalized spacial score (nSPS) is 10.7. The number of para-hydroxylation sites is 2. The lowest BCUT2D eigenvalue weighted by atomic mass is 10.2. The summed E-state index contributed by atoms with van der Waals surface area (Å²) in [6, 6.07) is 15.4. The Hall–Kier alpha value is -3.08. The van der Waals surface area contributed by atoms with Gasteiger partial charge < -0.3 is 14.2 Å². The quantitative estimate of drug-likeness (QED) is 0.658. The summed E-state index contributed by atoms with van der Waals surface area (Å²) in [5, 5.41) is 0.783. The van der Waals surface area contributed by atoms with Gasteiger partial charge in [-0.25, -0.2) is 4.79 Å². The summed E-state index contributed by atoms with van der Waals surface area (Å²) >= 11 is 0. The first kappa shape index (κ1) is 17.7. The third-order valence-corrected chi connectivity index (χ3v) is 4.52. The van der Waals surface area contributed by atoms with Gasteiger partial charge in [0, 0.05) is 29.3 Å². The van der Waals surface area contributed by atoms with Gasteiger partial charge in [-0.15, -0.1) is 0 Å². The molecule has 5 heteroatoms. The van der Waals surface area contributed by atoms with Gasteiger partial charge in [0.25, 0.3) is 0 Å². The van der Waals surface area contributed by atoms with Crippen molar-refractivity contribution in [3.63, 3.8) is 0 Å². The number of aromatic nitrogens is 1. The van der Waals surface area contributed by atoms with E-state index in [0.29, 0.717) is 12.1 Å². The molecule has 0 fully saturated rings. The van der Waals surface area contributed by atoms with Crippen LogP contribution in [0.2, 0.25) is 0 Å². The molecule has 1 heterocycles. The largest absolute Gasteiger partial charge is 0.465 e. The summed E-state index contributed by atoms with van der Waals surface area (Å²) < 4.78 is 6.68. The number of likely N-dealkylation sites (N-methyl/N-ethyl adjacent to an activating group) is 1. The molecular formula is C21H22N2O3. The smallest absolute Gasteiger partial charge is 0.340 e. The summed E-state index contributed by atoms with van der Waals surface area (Å²) in [5.74, 6) is -0.433. The van der Waals surface area contributed by atoms with Gasteiger partial charge in [0.05, 0.1) is 12.7 Å². The number of rotatable bonds is 5. The van der Waals surface area contributed by atoms with Crippen LogP contribution in [0.3, 0.4) is 0 Å². The van der Waals surface area contributed by atoms with Gasteiger partial charge in [-0.05, 0) is 31.5 Å². The maximum absolute atomic E-state index is 13.0. The third-order valence-electron chi connectivity index (χ3n) is 4.52. The zero-order valence-electron chi connectivity index (χ0n) is 15.2. The Kier molecular flexibility index (Phi) is 5.07. The maximum Gasteiger partial charge on any atom is 0.340 e. The van der Waals surface area contributed by atoms with Crippen molar-refractivity contribution in [2.45, 2.75) is 20.4 Å². The van der Waals surface area contributed by atoms with E-state index in [1.165, 1.54) is 7.11 Å². The number of carbonyl (C=O) groups excluding carboxylic acids is 2. The Morgan fingerprint density at radius 3 is 2.46 bits per heavy atom. The molecule has 0 unspecified atom stereocenters. The molecule has 0 aliphatic heterocycles. The average molecular weight is 350 g/mol. The van der Waals surface area contributed by atoms with Crippen molar-refractivity contribution in [3.8, 4) is 0 Å². The second-order valence-electron chi connectivity index (χ2n) is 6.10. The van der Waals surface area contributed by atoms with E-state index in [9.17, 15) is 9.59 Å². The number of ether oxygens (including phenoxy) is 1. The Bertz CT molecular complexity index is 959. The van der Waals surface area contributed by atoms with Crippen LogP contribution in [0, 0.1) is 6.92 Å². The highest BCUT2D eigenvalue weighted by Gasteiger charge is 2.20. The number of methoxy groups -OCH3 is 1. The van der Waals surface area contributed by atoms with Gasteiger partial charge in [0.1, 0.15) is 6.54 Å². The summed E-state index contributed by atoms with van der Waals surface area (Å²) in [6.45, 7) is 4.68. The summed E-state index contributed by atoms with van der Waals surface area (Å²) in [6.07, 6.45) is 1.69. The van der Waals surface area contributed by atoms with Crippen LogP contribution >= 0.6 is 0 Å². The lowest BCUT2D eigenvalue weighted by Gasteiger charge is -2.23. The summed E-state index contributed by atoms with van der Waals surface area (Å²) in [4.78, 5) is 26.8. The van der Waals surface area contributed by atoms with E-state index in [-0.39, 0.29) is 12.5 Å². The van der Waals surface area contributed by atoms with Crippen molar-refractivity contribution >= 4 is 28.5 Å². The number of anilines is 1. The highest BCUT2D eigenvalue weighted by molar-refractivity contribution is 6.05. The number of benzene rings is 2. The molecule has 3 rings (SSSR count). The minimum atomic E-state index is -0.404. The number of fused-ring (bicyclic) bond motifs is 1. The first-order valence-electron chi connectivity index (χ1n) is 8.59. The van der Waals surface area contributed by atoms with Crippen LogP contribution in [0.25, 0.3) is 10.9 Å². The maximum atomic E-state index is 13.0. The summed E-state index contributed by atoms with van der Waals surface area (Å²) in [5.41, 5.74) is 3.26. The van der Waals surface area contributed by atoms with Crippen LogP contribution < -0.4 is 4.90 Å². The molecular weight excluding hydrogens is 328 g/mol. The van der Waals surface area contributed by atoms with Gasteiger partial charge in [-0.2, -0.15) is 0 Å². The molecule has 2 aromatic carbocycles. The van der Waals surface area contributed by atoms with Crippen molar-refractivity contribution < 1.29 is 14.3 Å². The molecule has 0 radical (unpaired) electrons. The van der Waals surface area contributed by atoms with Crippen LogP contribution in [-0.2, 0) is 16.1 Å². The Labute approximate surface area is 152 Å². The fourth-order valence-electron chi connectivity index (χ4n) is 3.23. The van der Waals surface area contributed by atoms with Gasteiger partial charge in [-0.1, -0.05) is 36.4 Å². The summed E-state index contributed by atoms with van der Waals surface area (Å²) in [7, 11) is 1.36. The number of hydrogen-bond donors (Lipinski definition) is 0. The standard InChI is InChI=1S/C21H22N2O3/c1-4-23(18-11-7-5-9-15(18)2)20(24)14-22-13-17(21(25)26-3)16-10-6-8-12-19(16)22/h5-13H,4,14H2,1-3H3. The Morgan fingerprint density at radius 1 is 1.08 bits per heavy atom. The first-order chi connectivity index (χ1) is 12.6. The second-order valence-corrected chi connectivity index (χ2v) is 6.10. The topological polar surface area (TPSA) is 51.5 Å². The minimum absolute atomic E-state index is 0.0287. The zero-order chi connectivity index (χ0) is 18.7. The molecule has 0 spiro atoms. The number of amides is 1. The monoisotopic (exact) mass is 350 g/mol. The van der Waals surface area contributed by atoms with E-state index >= 15 is 0 Å². The van der Waals surface area contributed by atoms with E-state index in [0.717, 1.165) is 22.2 Å². The molecule has 1 amide bonds. The van der Waals surface area contributed by atoms with Crippen molar-refractivity contribution in [3.05, 3.63) is 65.9 Å². The van der Waals surface area contributed by atoms with E-state index < -0.39 is 5.97 Å². The van der Waals surface area contributed by atoms with Gasteiger partial charge >= 0.3 is 5.97 Å². The average Bonchev–Trinajstić information content (AvgIpc) is 3.02. The molecule has 0 aliphatic carbocycles. The van der Waals surface area contributed by atoms with E-state index in [2.05, 4.69) is 0 Å². The highest BCUT2D eigenvalue weighted by Crippen LogP contribution is 2.24. The predicted molar refractivity (Wildman–Crippen MR) is 102 cm³/mol. The van der Waals surface area contributed by atoms with Gasteiger partial charge in [0.2, 0.25) is 5.91 Å². The third kappa shape index (κ3) is 3.20. The van der Waals surface area contributed by atoms with Crippen LogP contribution in [0.1, 0.15) is 22.8 Å². The number of aryl methyl sites for hydroxylation is 1. The lowest BCUT2D eigenvalue weighted by Crippen LogP contribution is -2.34. The van der Waals surface area contributed by atoms with Crippen LogP contribution in [0.4, 0.5) is 5.69 Å². The molecule has 134 valence electrons. The van der Waals surface area contributed by atoms with E-state index in [1.807, 2.05) is 66.9 Å². The SMILES string of the molecule is CCN(C(=O)Cn1cc(C(=O)OC)c2ccccc21)c1ccccc1C. The Balaban J connectivity index is 1.97. The minimum Gasteiger partial charge on any atom is -0.465 e. The molecule has 0 bridgehead atoms. The van der Waals surface area contributed by atoms with Crippen LogP contribution in [-0.4, -0.2) is 30.1 Å². The highest BCUT2D eigenvalue weighted by atomic mass is 16.5. The fraction of sp³-hybridized carbons (Fsp3) is 0.238. The van der Waals surface area contributed by atoms with Crippen LogP contribution in [0.5, 0.6) is 0 Å². The van der Waals surface area contributed by atoms with Gasteiger partial charge in [-0.3, -0.25) is 4.79 Å². The molecule has 0 atom stereocenters. The molecule has 0 aliphatic rings. The van der Waals surface area contributed by atoms with Crippen molar-refractivity contribution in [2.75, 3.05) is 18.6 Å². The second kappa shape index (κ2) is 7.44. The molecule has 0 saturated carbocycles. The number of carbonyl (C=O) groups is 2. The van der Waals surface area contributed by atoms with Crippen molar-refractivity contribution in [1.29, 1.82) is 0 Å². The van der Waals surface area contributed by atoms with Crippen molar-refractivity contribution in [1.82, 2.24) is 4.57 Å². The van der Waals surface area contributed by atoms with Gasteiger partial charge in [0.15, 0.2) is 0 Å². The molecule has 0 saturated heterocycles. The molecule has 26 heavy (non-hydrogen) atoms. The Morgan fingerprint density at radius 2 is 1.77 bits per heavy atom. The zero-order valence-corrected chi connectivity index (χ0v) is 15.2. The van der Waals surface area contributed by atoms with E-state index in [4.69, 9.17) is 4.74 Å². The van der Waals surface area contributed by atoms with Crippen LogP contribution in [0.15, 0.2) is 54.7 Å². The van der Waals surface area contributed by atoms with Crippen molar-refractivity contribution in [2.24, 2.45) is 0 Å². The fourth-order valence-corrected chi connectivity index (χ4v) is 3.23. The molecule has 1 aromatic heterocycles. The lowest BCUT2D eigenvalue weighted by molar-refractivity contribution is -0.119. The predicted octanol–water partition coefficient (Wildman–Crippen LogP) is 3.79. The molecule has 5 nitrogen and oxygen atoms in total. The molecule has 0 N–H and O–H groups in total. The number of esters is 1. The first-order valence-corrected chi connectivity index (χ1v) is 8.59. The number of hydrogen-bond acceptors (Lipinski definition) is 3.